The Hall–Kier alpha value is -1.03. The van der Waals surface area contributed by atoms with Crippen molar-refractivity contribution in [2.75, 3.05) is 0 Å². The van der Waals surface area contributed by atoms with Crippen LogP contribution in [0.4, 0.5) is 4.79 Å². The second kappa shape index (κ2) is 4.87. The highest BCUT2D eigenvalue weighted by Gasteiger charge is 2.12. The number of aliphatic hydroxyl groups is 1. The zero-order valence-electron chi connectivity index (χ0n) is 7.48. The summed E-state index contributed by atoms with van der Waals surface area (Å²) in [5.41, 5.74) is 4.89. The fourth-order valence-corrected chi connectivity index (χ4v) is 1.39. The highest BCUT2D eigenvalue weighted by Crippen LogP contribution is 2.14. The SMILES string of the molecule is NC(=O)OC1C=CC(O)CCCC1. The van der Waals surface area contributed by atoms with Gasteiger partial charge in [-0.15, -0.1) is 0 Å². The fourth-order valence-electron chi connectivity index (χ4n) is 1.39. The predicted molar refractivity (Wildman–Crippen MR) is 48.1 cm³/mol. The molecule has 4 heteroatoms. The summed E-state index contributed by atoms with van der Waals surface area (Å²) in [6, 6.07) is 0. The molecule has 13 heavy (non-hydrogen) atoms. The molecule has 2 unspecified atom stereocenters. The van der Waals surface area contributed by atoms with Crippen molar-refractivity contribution in [2.24, 2.45) is 5.73 Å². The summed E-state index contributed by atoms with van der Waals surface area (Å²) in [6.45, 7) is 0. The van der Waals surface area contributed by atoms with Gasteiger partial charge in [0.25, 0.3) is 0 Å². The molecular weight excluding hydrogens is 170 g/mol. The Kier molecular flexibility index (Phi) is 3.76. The Morgan fingerprint density at radius 3 is 2.77 bits per heavy atom. The van der Waals surface area contributed by atoms with Crippen LogP contribution in [-0.2, 0) is 4.74 Å². The van der Waals surface area contributed by atoms with Gasteiger partial charge in [0.05, 0.1) is 6.10 Å². The number of carbonyl (C=O) groups is 1. The Bertz CT molecular complexity index is 203. The Balaban J connectivity index is 2.47. The lowest BCUT2D eigenvalue weighted by atomic mass is 10.0. The van der Waals surface area contributed by atoms with E-state index in [4.69, 9.17) is 10.5 Å². The van der Waals surface area contributed by atoms with Crippen LogP contribution >= 0.6 is 0 Å². The van der Waals surface area contributed by atoms with Crippen LogP contribution in [0.25, 0.3) is 0 Å². The molecule has 0 aromatic heterocycles. The number of hydrogen-bond donors (Lipinski definition) is 2. The maximum atomic E-state index is 10.5. The number of hydrogen-bond acceptors (Lipinski definition) is 3. The molecule has 0 saturated heterocycles. The third-order valence-electron chi connectivity index (χ3n) is 2.05. The number of primary amides is 1. The summed E-state index contributed by atoms with van der Waals surface area (Å²) in [4.78, 5) is 10.5. The van der Waals surface area contributed by atoms with E-state index in [0.29, 0.717) is 0 Å². The standard InChI is InChI=1S/C9H15NO3/c10-9(12)13-8-4-2-1-3-7(11)5-6-8/h5-8,11H,1-4H2,(H2,10,12). The van der Waals surface area contributed by atoms with Gasteiger partial charge in [-0.1, -0.05) is 12.5 Å². The normalized spacial score (nSPS) is 29.0. The average molecular weight is 185 g/mol. The van der Waals surface area contributed by atoms with Crippen LogP contribution in [0.1, 0.15) is 25.7 Å². The van der Waals surface area contributed by atoms with Gasteiger partial charge >= 0.3 is 6.09 Å². The molecule has 1 rings (SSSR count). The summed E-state index contributed by atoms with van der Waals surface area (Å²) in [5, 5.41) is 9.31. The van der Waals surface area contributed by atoms with Crippen molar-refractivity contribution in [3.8, 4) is 0 Å². The smallest absolute Gasteiger partial charge is 0.405 e. The fraction of sp³-hybridized carbons (Fsp3) is 0.667. The monoisotopic (exact) mass is 185 g/mol. The number of nitrogens with two attached hydrogens (primary N) is 1. The van der Waals surface area contributed by atoms with Crippen molar-refractivity contribution >= 4 is 6.09 Å². The maximum absolute atomic E-state index is 10.5. The second-order valence-corrected chi connectivity index (χ2v) is 3.21. The topological polar surface area (TPSA) is 72.6 Å². The molecular formula is C9H15NO3. The molecule has 0 saturated carbocycles. The van der Waals surface area contributed by atoms with E-state index in [-0.39, 0.29) is 6.10 Å². The average Bonchev–Trinajstić information content (AvgIpc) is 2.03. The van der Waals surface area contributed by atoms with Crippen molar-refractivity contribution < 1.29 is 14.6 Å². The van der Waals surface area contributed by atoms with Gasteiger partial charge in [0.2, 0.25) is 0 Å². The van der Waals surface area contributed by atoms with E-state index < -0.39 is 12.2 Å². The van der Waals surface area contributed by atoms with E-state index in [1.807, 2.05) is 0 Å². The van der Waals surface area contributed by atoms with E-state index in [1.165, 1.54) is 0 Å². The summed E-state index contributed by atoms with van der Waals surface area (Å²) in [6.07, 6.45) is 5.37. The highest BCUT2D eigenvalue weighted by atomic mass is 16.6. The third kappa shape index (κ3) is 3.94. The first-order valence-electron chi connectivity index (χ1n) is 4.51. The van der Waals surface area contributed by atoms with E-state index >= 15 is 0 Å². The minimum Gasteiger partial charge on any atom is -0.442 e. The zero-order valence-corrected chi connectivity index (χ0v) is 7.48. The van der Waals surface area contributed by atoms with Crippen LogP contribution in [-0.4, -0.2) is 23.4 Å². The summed E-state index contributed by atoms with van der Waals surface area (Å²) in [5.74, 6) is 0. The highest BCUT2D eigenvalue weighted by molar-refractivity contribution is 5.65. The number of carbonyl (C=O) groups excluding carboxylic acids is 1. The number of ether oxygens (including phenoxy) is 1. The van der Waals surface area contributed by atoms with Crippen molar-refractivity contribution in [2.45, 2.75) is 37.9 Å². The van der Waals surface area contributed by atoms with E-state index in [9.17, 15) is 9.90 Å². The molecule has 0 bridgehead atoms. The van der Waals surface area contributed by atoms with Gasteiger partial charge in [-0.05, 0) is 25.3 Å². The molecule has 0 radical (unpaired) electrons. The van der Waals surface area contributed by atoms with Gasteiger partial charge in [-0.2, -0.15) is 0 Å². The molecule has 0 heterocycles. The second-order valence-electron chi connectivity index (χ2n) is 3.21. The van der Waals surface area contributed by atoms with Crippen LogP contribution in [0, 0.1) is 0 Å². The number of aliphatic hydroxyl groups excluding tert-OH is 1. The van der Waals surface area contributed by atoms with Crippen LogP contribution < -0.4 is 5.73 Å². The molecule has 3 N–H and O–H groups in total. The molecule has 2 atom stereocenters. The molecule has 1 aliphatic carbocycles. The summed E-state index contributed by atoms with van der Waals surface area (Å²) >= 11 is 0. The zero-order chi connectivity index (χ0) is 9.68. The van der Waals surface area contributed by atoms with Crippen molar-refractivity contribution in [3.63, 3.8) is 0 Å². The molecule has 1 aliphatic rings. The largest absolute Gasteiger partial charge is 0.442 e. The number of amides is 1. The van der Waals surface area contributed by atoms with Crippen molar-refractivity contribution in [1.29, 1.82) is 0 Å². The van der Waals surface area contributed by atoms with Gasteiger partial charge in [0.15, 0.2) is 0 Å². The first kappa shape index (κ1) is 10.1. The van der Waals surface area contributed by atoms with Crippen LogP contribution in [0.2, 0.25) is 0 Å². The summed E-state index contributed by atoms with van der Waals surface area (Å²) in [7, 11) is 0. The molecule has 0 aliphatic heterocycles. The van der Waals surface area contributed by atoms with E-state index in [1.54, 1.807) is 12.2 Å². The van der Waals surface area contributed by atoms with Crippen molar-refractivity contribution in [1.82, 2.24) is 0 Å². The lowest BCUT2D eigenvalue weighted by molar-refractivity contribution is 0.118. The summed E-state index contributed by atoms with van der Waals surface area (Å²) < 4.78 is 4.82. The van der Waals surface area contributed by atoms with Crippen molar-refractivity contribution in [3.05, 3.63) is 12.2 Å². The van der Waals surface area contributed by atoms with Crippen LogP contribution in [0.15, 0.2) is 12.2 Å². The third-order valence-corrected chi connectivity index (χ3v) is 2.05. The quantitative estimate of drug-likeness (QED) is 0.597. The Labute approximate surface area is 77.4 Å². The van der Waals surface area contributed by atoms with Gasteiger partial charge in [-0.25, -0.2) is 4.79 Å². The predicted octanol–water partition coefficient (Wildman–Crippen LogP) is 0.941. The lowest BCUT2D eigenvalue weighted by Crippen LogP contribution is -2.22. The first-order valence-corrected chi connectivity index (χ1v) is 4.51. The Morgan fingerprint density at radius 2 is 2.08 bits per heavy atom. The molecule has 1 amide bonds. The molecule has 0 aromatic rings. The van der Waals surface area contributed by atoms with Crippen LogP contribution in [0.5, 0.6) is 0 Å². The lowest BCUT2D eigenvalue weighted by Gasteiger charge is -2.16. The minimum absolute atomic E-state index is 0.271. The molecule has 74 valence electrons. The molecule has 4 nitrogen and oxygen atoms in total. The van der Waals surface area contributed by atoms with E-state index in [2.05, 4.69) is 0 Å². The molecule has 0 spiro atoms. The van der Waals surface area contributed by atoms with Gasteiger partial charge in [0, 0.05) is 0 Å². The maximum Gasteiger partial charge on any atom is 0.405 e. The molecule has 0 aromatic carbocycles. The van der Waals surface area contributed by atoms with Gasteiger partial charge in [-0.3, -0.25) is 0 Å². The minimum atomic E-state index is -0.760. The number of rotatable bonds is 1. The van der Waals surface area contributed by atoms with Crippen LogP contribution in [0.3, 0.4) is 0 Å². The molecule has 0 fully saturated rings. The van der Waals surface area contributed by atoms with Gasteiger partial charge in [0.1, 0.15) is 6.10 Å². The van der Waals surface area contributed by atoms with E-state index in [0.717, 1.165) is 25.7 Å². The first-order chi connectivity index (χ1) is 6.18. The Morgan fingerprint density at radius 1 is 1.38 bits per heavy atom. The van der Waals surface area contributed by atoms with Gasteiger partial charge < -0.3 is 15.6 Å².